The van der Waals surface area contributed by atoms with Gasteiger partial charge < -0.3 is 5.73 Å². The molecule has 0 unspecified atom stereocenters. The summed E-state index contributed by atoms with van der Waals surface area (Å²) in [4.78, 5) is 0. The predicted octanol–water partition coefficient (Wildman–Crippen LogP) is 5.73. The van der Waals surface area contributed by atoms with Crippen LogP contribution in [0.25, 0.3) is 5.73 Å². The van der Waals surface area contributed by atoms with E-state index in [0.29, 0.717) is 0 Å². The van der Waals surface area contributed by atoms with Gasteiger partial charge in [0.15, 0.2) is 0 Å². The average Bonchev–Trinajstić information content (AvgIpc) is 2.48. The number of aryl methyl sites for hydroxylation is 2. The minimum atomic E-state index is -0.250. The molecule has 0 saturated carbocycles. The van der Waals surface area contributed by atoms with Gasteiger partial charge in [0.1, 0.15) is 0 Å². The topological polar surface area (TPSA) is 23.8 Å². The zero-order valence-corrected chi connectivity index (χ0v) is 16.8. The third-order valence-corrected chi connectivity index (χ3v) is 7.07. The van der Waals surface area contributed by atoms with Gasteiger partial charge in [-0.3, -0.25) is 0 Å². The van der Waals surface area contributed by atoms with Gasteiger partial charge in [-0.1, -0.05) is 41.5 Å². The van der Waals surface area contributed by atoms with Gasteiger partial charge in [0.05, 0.1) is 0 Å². The Labute approximate surface area is 132 Å². The molecule has 3 heteroatoms. The SMILES string of the molecule is CC(C)(C)[NH-].CC(C)[Si](C)=[Ti+2].Cc1cc[c-](C)c1C. The Kier molecular flexibility index (Phi) is 11.4. The summed E-state index contributed by atoms with van der Waals surface area (Å²) in [5.74, 6) is 0. The number of rotatable bonds is 1. The van der Waals surface area contributed by atoms with Crippen LogP contribution >= 0.6 is 0 Å². The second-order valence-corrected chi connectivity index (χ2v) is 12.6. The zero-order chi connectivity index (χ0) is 15.8. The summed E-state index contributed by atoms with van der Waals surface area (Å²) in [5.41, 5.74) is 11.9. The molecule has 0 aliphatic heterocycles. The quantitative estimate of drug-likeness (QED) is 0.467. The molecule has 1 N–H and O–H groups in total. The van der Waals surface area contributed by atoms with Crippen molar-refractivity contribution >= 4 is 6.19 Å². The molecule has 0 aliphatic carbocycles. The molecular weight excluding hydrogens is 282 g/mol. The minimum absolute atomic E-state index is 0.0484. The van der Waals surface area contributed by atoms with E-state index in [-0.39, 0.29) is 11.7 Å². The maximum absolute atomic E-state index is 6.94. The zero-order valence-electron chi connectivity index (χ0n) is 14.2. The Hall–Kier alpha value is 0.241. The van der Waals surface area contributed by atoms with Gasteiger partial charge in [-0.05, 0) is 0 Å². The Morgan fingerprint density at radius 1 is 1.26 bits per heavy atom. The first-order valence-electron chi connectivity index (χ1n) is 6.85. The molecule has 0 aromatic heterocycles. The van der Waals surface area contributed by atoms with Crippen molar-refractivity contribution in [3.05, 3.63) is 34.6 Å². The molecule has 1 rings (SSSR count). The monoisotopic (exact) mass is 313 g/mol. The van der Waals surface area contributed by atoms with E-state index in [1.807, 2.05) is 20.8 Å². The van der Waals surface area contributed by atoms with Crippen molar-refractivity contribution in [1.82, 2.24) is 0 Å². The summed E-state index contributed by atoms with van der Waals surface area (Å²) >= 11 is 2.34. The molecule has 0 spiro atoms. The summed E-state index contributed by atoms with van der Waals surface area (Å²) in [5, 5.41) is 0. The van der Waals surface area contributed by atoms with Crippen LogP contribution in [0.2, 0.25) is 12.1 Å². The summed E-state index contributed by atoms with van der Waals surface area (Å²) in [6, 6.07) is 4.31. The fourth-order valence-electron chi connectivity index (χ4n) is 0.811. The van der Waals surface area contributed by atoms with Crippen molar-refractivity contribution in [1.29, 1.82) is 0 Å². The van der Waals surface area contributed by atoms with Gasteiger partial charge in [-0.2, -0.15) is 22.8 Å². The molecule has 19 heavy (non-hydrogen) atoms. The van der Waals surface area contributed by atoms with Gasteiger partial charge in [0, 0.05) is 0 Å². The molecule has 1 aromatic carbocycles. The average molecular weight is 313 g/mol. The van der Waals surface area contributed by atoms with E-state index in [2.05, 4.69) is 72.5 Å². The van der Waals surface area contributed by atoms with Crippen molar-refractivity contribution in [2.24, 2.45) is 0 Å². The smallest absolute Gasteiger partial charge is 0.0630 e. The fraction of sp³-hybridized carbons (Fsp3) is 0.688. The second-order valence-electron chi connectivity index (χ2n) is 6.41. The van der Waals surface area contributed by atoms with Crippen molar-refractivity contribution in [3.63, 3.8) is 0 Å². The van der Waals surface area contributed by atoms with Gasteiger partial charge in [-0.15, -0.1) is 5.54 Å². The number of hydrogen-bond acceptors (Lipinski definition) is 0. The van der Waals surface area contributed by atoms with Crippen LogP contribution < -0.4 is 0 Å². The number of hydrogen-bond donors (Lipinski definition) is 0. The van der Waals surface area contributed by atoms with Crippen LogP contribution in [0.3, 0.4) is 0 Å². The Balaban J connectivity index is 0. The van der Waals surface area contributed by atoms with Crippen LogP contribution in [-0.4, -0.2) is 11.7 Å². The standard InChI is InChI=1S/C8H11.C4H10N.C4H10Si.Ti/c1-6-4-5-7(2)8(6)3;1-4(2,3)5;1-4(2)5-3;/h4-5H,1-3H3;5H,1-3H3;4H,1-3H3;/q2*-1;;+2. The molecule has 1 aromatic rings. The van der Waals surface area contributed by atoms with Crippen LogP contribution in [0, 0.1) is 20.8 Å². The maximum Gasteiger partial charge on any atom is -0.0630 e. The van der Waals surface area contributed by atoms with Crippen molar-refractivity contribution in [2.45, 2.75) is 73.0 Å². The molecule has 0 bridgehead atoms. The van der Waals surface area contributed by atoms with Gasteiger partial charge in [0.2, 0.25) is 0 Å². The van der Waals surface area contributed by atoms with E-state index in [0.717, 1.165) is 5.54 Å². The molecule has 108 valence electrons. The Bertz CT molecular complexity index is 347. The van der Waals surface area contributed by atoms with E-state index in [4.69, 9.17) is 5.73 Å². The molecule has 0 amide bonds. The van der Waals surface area contributed by atoms with Gasteiger partial charge in [0.25, 0.3) is 0 Å². The normalized spacial score (nSPS) is 10.4. The van der Waals surface area contributed by atoms with Crippen LogP contribution in [0.4, 0.5) is 0 Å². The summed E-state index contributed by atoms with van der Waals surface area (Å²) < 4.78 is 0. The van der Waals surface area contributed by atoms with E-state index in [9.17, 15) is 0 Å². The molecule has 0 radical (unpaired) electrons. The third-order valence-electron chi connectivity index (χ3n) is 2.63. The maximum atomic E-state index is 6.94. The molecule has 0 fully saturated rings. The largest absolute Gasteiger partial charge is 0.210 e. The first-order chi connectivity index (χ1) is 8.36. The van der Waals surface area contributed by atoms with E-state index in [1.165, 1.54) is 16.7 Å². The van der Waals surface area contributed by atoms with Gasteiger partial charge >= 0.3 is 51.3 Å². The molecular formula is C16H31NSiTi. The van der Waals surface area contributed by atoms with Crippen molar-refractivity contribution < 1.29 is 19.2 Å². The first-order valence-corrected chi connectivity index (χ1v) is 11.3. The molecule has 0 heterocycles. The van der Waals surface area contributed by atoms with Crippen LogP contribution in [-0.2, 0) is 19.2 Å². The van der Waals surface area contributed by atoms with Crippen LogP contribution in [0.5, 0.6) is 0 Å². The van der Waals surface area contributed by atoms with Gasteiger partial charge in [-0.25, -0.2) is 6.07 Å². The summed E-state index contributed by atoms with van der Waals surface area (Å²) in [6.45, 7) is 18.9. The summed E-state index contributed by atoms with van der Waals surface area (Å²) in [7, 11) is 0. The third kappa shape index (κ3) is 16.2. The minimum Gasteiger partial charge on any atom is -0.210 e. The molecule has 0 atom stereocenters. The van der Waals surface area contributed by atoms with Crippen LogP contribution in [0.15, 0.2) is 12.1 Å². The predicted molar refractivity (Wildman–Crippen MR) is 87.0 cm³/mol. The van der Waals surface area contributed by atoms with E-state index >= 15 is 0 Å². The summed E-state index contributed by atoms with van der Waals surface area (Å²) in [6.07, 6.45) is 0.0484. The number of nitrogens with one attached hydrogen (secondary N) is 1. The Morgan fingerprint density at radius 2 is 1.58 bits per heavy atom. The fourth-order valence-corrected chi connectivity index (χ4v) is 0.811. The molecule has 0 aliphatic rings. The van der Waals surface area contributed by atoms with Crippen molar-refractivity contribution in [3.8, 4) is 0 Å². The van der Waals surface area contributed by atoms with E-state index < -0.39 is 0 Å². The van der Waals surface area contributed by atoms with E-state index in [1.54, 1.807) is 0 Å². The molecule has 0 saturated heterocycles. The first kappa shape index (κ1) is 21.5. The van der Waals surface area contributed by atoms with Crippen LogP contribution in [0.1, 0.15) is 51.3 Å². The Morgan fingerprint density at radius 3 is 1.63 bits per heavy atom. The molecule has 1 nitrogen and oxygen atoms in total. The second kappa shape index (κ2) is 10.0. The van der Waals surface area contributed by atoms with Crippen molar-refractivity contribution in [2.75, 3.05) is 0 Å².